The van der Waals surface area contributed by atoms with Crippen LogP contribution >= 0.6 is 0 Å². The fourth-order valence-corrected chi connectivity index (χ4v) is 2.97. The van der Waals surface area contributed by atoms with E-state index in [2.05, 4.69) is 34.2 Å². The molecule has 0 saturated carbocycles. The van der Waals surface area contributed by atoms with Gasteiger partial charge >= 0.3 is 0 Å². The molecule has 6 nitrogen and oxygen atoms in total. The molecule has 3 heterocycles. The Morgan fingerprint density at radius 2 is 2.17 bits per heavy atom. The average Bonchev–Trinajstić information content (AvgIpc) is 3.15. The summed E-state index contributed by atoms with van der Waals surface area (Å²) in [5.74, 6) is 3.16. The van der Waals surface area contributed by atoms with Gasteiger partial charge in [-0.05, 0) is 18.6 Å². The van der Waals surface area contributed by atoms with Gasteiger partial charge in [0.2, 0.25) is 5.89 Å². The van der Waals surface area contributed by atoms with Crippen LogP contribution in [0.5, 0.6) is 0 Å². The molecule has 0 saturated heterocycles. The Balaban J connectivity index is 1.41. The molecule has 23 heavy (non-hydrogen) atoms. The number of rotatable bonds is 4. The highest BCUT2D eigenvalue weighted by Gasteiger charge is 2.22. The van der Waals surface area contributed by atoms with Crippen LogP contribution in [0.4, 0.5) is 0 Å². The van der Waals surface area contributed by atoms with Crippen LogP contribution in [0.3, 0.4) is 0 Å². The number of aryl methyl sites for hydroxylation is 1. The monoisotopic (exact) mass is 311 g/mol. The van der Waals surface area contributed by atoms with Crippen molar-refractivity contribution in [3.63, 3.8) is 0 Å². The van der Waals surface area contributed by atoms with Crippen molar-refractivity contribution in [2.75, 3.05) is 0 Å². The molecule has 0 fully saturated rings. The third-order valence-corrected chi connectivity index (χ3v) is 4.27. The molecule has 0 radical (unpaired) electrons. The molecule has 0 unspecified atom stereocenters. The molecule has 0 spiro atoms. The first kappa shape index (κ1) is 14.4. The van der Waals surface area contributed by atoms with Crippen LogP contribution in [0.2, 0.25) is 0 Å². The first-order valence-electron chi connectivity index (χ1n) is 8.20. The molecule has 1 N–H and O–H groups in total. The summed E-state index contributed by atoms with van der Waals surface area (Å²) in [5, 5.41) is 8.15. The highest BCUT2D eigenvalue weighted by atomic mass is 16.3. The van der Waals surface area contributed by atoms with Gasteiger partial charge in [-0.1, -0.05) is 26.0 Å². The maximum Gasteiger partial charge on any atom is 0.209 e. The van der Waals surface area contributed by atoms with Gasteiger partial charge in [0.05, 0.1) is 13.1 Å². The maximum atomic E-state index is 5.76. The summed E-state index contributed by atoms with van der Waals surface area (Å²) < 4.78 is 7.80. The SMILES string of the molecule is CC(C)c1nc2n(n1)C[C@H](NCc1nc3ccccc3o1)CC2. The molecular formula is C17H21N5O. The van der Waals surface area contributed by atoms with E-state index in [0.717, 1.165) is 48.0 Å². The van der Waals surface area contributed by atoms with Crippen molar-refractivity contribution in [2.24, 2.45) is 0 Å². The molecule has 3 aromatic rings. The number of fused-ring (bicyclic) bond motifs is 2. The van der Waals surface area contributed by atoms with Crippen molar-refractivity contribution >= 4 is 11.1 Å². The van der Waals surface area contributed by atoms with E-state index in [4.69, 9.17) is 4.42 Å². The van der Waals surface area contributed by atoms with Gasteiger partial charge in [-0.15, -0.1) is 0 Å². The van der Waals surface area contributed by atoms with E-state index in [0.29, 0.717) is 18.5 Å². The summed E-state index contributed by atoms with van der Waals surface area (Å²) in [6, 6.07) is 8.23. The Morgan fingerprint density at radius 3 is 3.00 bits per heavy atom. The summed E-state index contributed by atoms with van der Waals surface area (Å²) in [7, 11) is 0. The molecule has 120 valence electrons. The highest BCUT2D eigenvalue weighted by Crippen LogP contribution is 2.18. The standard InChI is InChI=1S/C17H21N5O/c1-11(2)17-20-15-8-7-12(10-22(15)21-17)18-9-16-19-13-5-3-4-6-14(13)23-16/h3-6,11-12,18H,7-10H2,1-2H3/t12-/m1/s1. The minimum atomic E-state index is 0.374. The van der Waals surface area contributed by atoms with E-state index in [-0.39, 0.29) is 0 Å². The molecule has 6 heteroatoms. The van der Waals surface area contributed by atoms with Crippen LogP contribution < -0.4 is 5.32 Å². The highest BCUT2D eigenvalue weighted by molar-refractivity contribution is 5.72. The number of nitrogens with one attached hydrogen (secondary N) is 1. The predicted molar refractivity (Wildman–Crippen MR) is 87.1 cm³/mol. The lowest BCUT2D eigenvalue weighted by atomic mass is 10.1. The van der Waals surface area contributed by atoms with Crippen molar-refractivity contribution in [2.45, 2.75) is 51.7 Å². The van der Waals surface area contributed by atoms with Gasteiger partial charge in [0, 0.05) is 18.4 Å². The largest absolute Gasteiger partial charge is 0.439 e. The molecule has 2 aromatic heterocycles. The predicted octanol–water partition coefficient (Wildman–Crippen LogP) is 2.65. The minimum absolute atomic E-state index is 0.374. The number of benzene rings is 1. The summed E-state index contributed by atoms with van der Waals surface area (Å²) in [6.07, 6.45) is 2.03. The summed E-state index contributed by atoms with van der Waals surface area (Å²) >= 11 is 0. The van der Waals surface area contributed by atoms with Crippen molar-refractivity contribution in [3.8, 4) is 0 Å². The summed E-state index contributed by atoms with van der Waals surface area (Å²) in [6.45, 7) is 5.75. The Labute approximate surface area is 134 Å². The van der Waals surface area contributed by atoms with E-state index >= 15 is 0 Å². The van der Waals surface area contributed by atoms with Gasteiger partial charge in [0.25, 0.3) is 0 Å². The number of nitrogens with zero attached hydrogens (tertiary/aromatic N) is 4. The molecule has 1 aliphatic heterocycles. The van der Waals surface area contributed by atoms with Crippen LogP contribution in [0.25, 0.3) is 11.1 Å². The van der Waals surface area contributed by atoms with Crippen molar-refractivity contribution in [1.29, 1.82) is 0 Å². The molecule has 1 aliphatic rings. The Morgan fingerprint density at radius 1 is 1.30 bits per heavy atom. The summed E-state index contributed by atoms with van der Waals surface area (Å²) in [4.78, 5) is 9.13. The van der Waals surface area contributed by atoms with Gasteiger partial charge in [-0.25, -0.2) is 14.6 Å². The molecule has 1 atom stereocenters. The molecule has 1 aromatic carbocycles. The second-order valence-corrected chi connectivity index (χ2v) is 6.41. The average molecular weight is 311 g/mol. The molecule has 0 bridgehead atoms. The second kappa shape index (κ2) is 5.77. The van der Waals surface area contributed by atoms with E-state index in [1.54, 1.807) is 0 Å². The smallest absolute Gasteiger partial charge is 0.209 e. The van der Waals surface area contributed by atoms with Gasteiger partial charge in [0.1, 0.15) is 11.3 Å². The lowest BCUT2D eigenvalue weighted by Gasteiger charge is -2.22. The number of para-hydroxylation sites is 2. The zero-order valence-electron chi connectivity index (χ0n) is 13.5. The molecule has 4 rings (SSSR count). The van der Waals surface area contributed by atoms with Gasteiger partial charge in [0.15, 0.2) is 11.4 Å². The fourth-order valence-electron chi connectivity index (χ4n) is 2.97. The van der Waals surface area contributed by atoms with E-state index in [1.165, 1.54) is 0 Å². The van der Waals surface area contributed by atoms with E-state index in [9.17, 15) is 0 Å². The molecule has 0 aliphatic carbocycles. The zero-order chi connectivity index (χ0) is 15.8. The topological polar surface area (TPSA) is 68.8 Å². The molecule has 0 amide bonds. The number of hydrogen-bond acceptors (Lipinski definition) is 5. The van der Waals surface area contributed by atoms with Gasteiger partial charge in [-0.2, -0.15) is 5.10 Å². The third-order valence-electron chi connectivity index (χ3n) is 4.27. The second-order valence-electron chi connectivity index (χ2n) is 6.41. The van der Waals surface area contributed by atoms with Crippen molar-refractivity contribution < 1.29 is 4.42 Å². The first-order chi connectivity index (χ1) is 11.2. The molecular weight excluding hydrogens is 290 g/mol. The van der Waals surface area contributed by atoms with Crippen LogP contribution in [-0.4, -0.2) is 25.8 Å². The van der Waals surface area contributed by atoms with Crippen molar-refractivity contribution in [1.82, 2.24) is 25.1 Å². The number of hydrogen-bond donors (Lipinski definition) is 1. The third kappa shape index (κ3) is 2.86. The van der Waals surface area contributed by atoms with Crippen LogP contribution in [0, 0.1) is 0 Å². The number of aromatic nitrogens is 4. The minimum Gasteiger partial charge on any atom is -0.439 e. The number of oxazole rings is 1. The van der Waals surface area contributed by atoms with Gasteiger partial charge < -0.3 is 9.73 Å². The van der Waals surface area contributed by atoms with Crippen molar-refractivity contribution in [3.05, 3.63) is 41.8 Å². The van der Waals surface area contributed by atoms with E-state index < -0.39 is 0 Å². The zero-order valence-corrected chi connectivity index (χ0v) is 13.5. The first-order valence-corrected chi connectivity index (χ1v) is 8.20. The fraction of sp³-hybridized carbons (Fsp3) is 0.471. The lowest BCUT2D eigenvalue weighted by molar-refractivity contribution is 0.343. The van der Waals surface area contributed by atoms with Crippen LogP contribution in [0.15, 0.2) is 28.7 Å². The normalized spacial score (nSPS) is 17.8. The lowest BCUT2D eigenvalue weighted by Crippen LogP contribution is -2.37. The van der Waals surface area contributed by atoms with Gasteiger partial charge in [-0.3, -0.25) is 0 Å². The van der Waals surface area contributed by atoms with Crippen LogP contribution in [0.1, 0.15) is 43.7 Å². The van der Waals surface area contributed by atoms with E-state index in [1.807, 2.05) is 28.9 Å². The summed E-state index contributed by atoms with van der Waals surface area (Å²) in [5.41, 5.74) is 1.75. The maximum absolute atomic E-state index is 5.76. The Bertz CT molecular complexity index is 786. The van der Waals surface area contributed by atoms with Crippen LogP contribution in [-0.2, 0) is 19.5 Å². The Hall–Kier alpha value is -2.21. The Kier molecular flexibility index (Phi) is 3.61. The quantitative estimate of drug-likeness (QED) is 0.802.